The van der Waals surface area contributed by atoms with E-state index in [0.29, 0.717) is 24.0 Å². The van der Waals surface area contributed by atoms with Crippen molar-refractivity contribution < 1.29 is 18.8 Å². The average Bonchev–Trinajstić information content (AvgIpc) is 3.08. The number of hydrogen-bond acceptors (Lipinski definition) is 6. The van der Waals surface area contributed by atoms with Gasteiger partial charge in [0, 0.05) is 13.1 Å². The van der Waals surface area contributed by atoms with Gasteiger partial charge in [-0.25, -0.2) is 0 Å². The standard InChI is InChI=1S/C18H23N3O4/c1-12(24-16-8-6-15(23-3)7-9-16)18(22)21-10-4-5-14(11-21)17-19-13(2)20-25-17/h6-9,12,14H,4-5,10-11H2,1-3H3/t12-,14+/m0/s1. The number of carbonyl (C=O) groups is 1. The Balaban J connectivity index is 1.60. The Morgan fingerprint density at radius 1 is 1.32 bits per heavy atom. The molecule has 2 aromatic rings. The number of piperidine rings is 1. The maximum absolute atomic E-state index is 12.7. The van der Waals surface area contributed by atoms with Crippen molar-refractivity contribution in [1.82, 2.24) is 15.0 Å². The number of benzene rings is 1. The van der Waals surface area contributed by atoms with E-state index in [-0.39, 0.29) is 11.8 Å². The molecule has 2 heterocycles. The van der Waals surface area contributed by atoms with Crippen molar-refractivity contribution in [2.24, 2.45) is 0 Å². The molecular weight excluding hydrogens is 322 g/mol. The second kappa shape index (κ2) is 7.55. The van der Waals surface area contributed by atoms with Crippen LogP contribution in [0.3, 0.4) is 0 Å². The van der Waals surface area contributed by atoms with Gasteiger partial charge in [-0.2, -0.15) is 4.98 Å². The molecule has 1 fully saturated rings. The molecule has 134 valence electrons. The Bertz CT molecular complexity index is 713. The van der Waals surface area contributed by atoms with Crippen LogP contribution in [0.25, 0.3) is 0 Å². The molecule has 1 aliphatic rings. The van der Waals surface area contributed by atoms with Crippen LogP contribution in [0.1, 0.15) is 37.4 Å². The molecule has 1 saturated heterocycles. The highest BCUT2D eigenvalue weighted by Gasteiger charge is 2.31. The molecule has 1 aliphatic heterocycles. The molecular formula is C18H23N3O4. The number of hydrogen-bond donors (Lipinski definition) is 0. The smallest absolute Gasteiger partial charge is 0.263 e. The number of carbonyl (C=O) groups excluding carboxylic acids is 1. The number of aromatic nitrogens is 2. The van der Waals surface area contributed by atoms with Gasteiger partial charge in [-0.15, -0.1) is 0 Å². The molecule has 25 heavy (non-hydrogen) atoms. The van der Waals surface area contributed by atoms with E-state index in [4.69, 9.17) is 14.0 Å². The van der Waals surface area contributed by atoms with Crippen molar-refractivity contribution in [1.29, 1.82) is 0 Å². The summed E-state index contributed by atoms with van der Waals surface area (Å²) in [6, 6.07) is 7.20. The van der Waals surface area contributed by atoms with Crippen molar-refractivity contribution >= 4 is 5.91 Å². The first-order chi connectivity index (χ1) is 12.1. The Kier molecular flexibility index (Phi) is 5.21. The summed E-state index contributed by atoms with van der Waals surface area (Å²) in [5.74, 6) is 2.68. The van der Waals surface area contributed by atoms with Gasteiger partial charge in [-0.1, -0.05) is 5.16 Å². The van der Waals surface area contributed by atoms with Crippen LogP contribution >= 0.6 is 0 Å². The van der Waals surface area contributed by atoms with E-state index < -0.39 is 6.10 Å². The van der Waals surface area contributed by atoms with Gasteiger partial charge in [0.2, 0.25) is 5.89 Å². The predicted molar refractivity (Wildman–Crippen MR) is 90.7 cm³/mol. The summed E-state index contributed by atoms with van der Waals surface area (Å²) < 4.78 is 16.2. The Morgan fingerprint density at radius 3 is 2.68 bits per heavy atom. The minimum Gasteiger partial charge on any atom is -0.497 e. The summed E-state index contributed by atoms with van der Waals surface area (Å²) in [5.41, 5.74) is 0. The molecule has 0 radical (unpaired) electrons. The van der Waals surface area contributed by atoms with Gasteiger partial charge in [0.25, 0.3) is 5.91 Å². The zero-order valence-electron chi connectivity index (χ0n) is 14.8. The zero-order chi connectivity index (χ0) is 17.8. The second-order valence-electron chi connectivity index (χ2n) is 6.24. The topological polar surface area (TPSA) is 77.7 Å². The molecule has 0 aliphatic carbocycles. The Labute approximate surface area is 146 Å². The monoisotopic (exact) mass is 345 g/mol. The molecule has 7 nitrogen and oxygen atoms in total. The van der Waals surface area contributed by atoms with Crippen molar-refractivity contribution in [3.05, 3.63) is 36.0 Å². The number of amides is 1. The van der Waals surface area contributed by atoms with Crippen LogP contribution in [0, 0.1) is 6.92 Å². The van der Waals surface area contributed by atoms with Gasteiger partial charge < -0.3 is 18.9 Å². The average molecular weight is 345 g/mol. The molecule has 0 saturated carbocycles. The fraction of sp³-hybridized carbons (Fsp3) is 0.500. The third-order valence-electron chi connectivity index (χ3n) is 4.35. The molecule has 2 atom stereocenters. The SMILES string of the molecule is COc1ccc(O[C@@H](C)C(=O)N2CCC[C@@H](c3nc(C)no3)C2)cc1. The van der Waals surface area contributed by atoms with Gasteiger partial charge in [0.1, 0.15) is 11.5 Å². The summed E-state index contributed by atoms with van der Waals surface area (Å²) in [6.07, 6.45) is 1.29. The minimum atomic E-state index is -0.559. The molecule has 0 unspecified atom stereocenters. The first kappa shape index (κ1) is 17.3. The lowest BCUT2D eigenvalue weighted by Gasteiger charge is -2.32. The van der Waals surface area contributed by atoms with Crippen molar-refractivity contribution in [2.75, 3.05) is 20.2 Å². The second-order valence-corrected chi connectivity index (χ2v) is 6.24. The molecule has 1 amide bonds. The van der Waals surface area contributed by atoms with Gasteiger partial charge in [-0.05, 0) is 51.0 Å². The van der Waals surface area contributed by atoms with Crippen LogP contribution in [0.4, 0.5) is 0 Å². The summed E-state index contributed by atoms with van der Waals surface area (Å²) in [5, 5.41) is 3.84. The van der Waals surface area contributed by atoms with Crippen molar-refractivity contribution in [2.45, 2.75) is 38.7 Å². The van der Waals surface area contributed by atoms with Crippen molar-refractivity contribution in [3.63, 3.8) is 0 Å². The molecule has 0 spiro atoms. The van der Waals surface area contributed by atoms with Gasteiger partial charge in [0.15, 0.2) is 11.9 Å². The van der Waals surface area contributed by atoms with E-state index in [1.807, 2.05) is 4.90 Å². The van der Waals surface area contributed by atoms with E-state index in [2.05, 4.69) is 10.1 Å². The molecule has 1 aromatic heterocycles. The number of aryl methyl sites for hydroxylation is 1. The first-order valence-corrected chi connectivity index (χ1v) is 8.46. The summed E-state index contributed by atoms with van der Waals surface area (Å²) in [4.78, 5) is 18.8. The van der Waals surface area contributed by atoms with Crippen LogP contribution in [0.5, 0.6) is 11.5 Å². The summed E-state index contributed by atoms with van der Waals surface area (Å²) in [6.45, 7) is 4.87. The summed E-state index contributed by atoms with van der Waals surface area (Å²) in [7, 11) is 1.61. The van der Waals surface area contributed by atoms with E-state index in [9.17, 15) is 4.79 Å². The number of likely N-dealkylation sites (tertiary alicyclic amines) is 1. The highest BCUT2D eigenvalue weighted by atomic mass is 16.5. The maximum Gasteiger partial charge on any atom is 0.263 e. The number of ether oxygens (including phenoxy) is 2. The van der Waals surface area contributed by atoms with Gasteiger partial charge >= 0.3 is 0 Å². The quantitative estimate of drug-likeness (QED) is 0.829. The van der Waals surface area contributed by atoms with Gasteiger partial charge in [0.05, 0.1) is 13.0 Å². The van der Waals surface area contributed by atoms with E-state index in [0.717, 1.165) is 25.1 Å². The first-order valence-electron chi connectivity index (χ1n) is 8.46. The van der Waals surface area contributed by atoms with Gasteiger partial charge in [-0.3, -0.25) is 4.79 Å². The molecule has 0 bridgehead atoms. The highest BCUT2D eigenvalue weighted by Crippen LogP contribution is 2.26. The number of nitrogens with zero attached hydrogens (tertiary/aromatic N) is 3. The van der Waals surface area contributed by atoms with Crippen LogP contribution in [-0.4, -0.2) is 47.3 Å². The molecule has 7 heteroatoms. The Hall–Kier alpha value is -2.57. The number of methoxy groups -OCH3 is 1. The summed E-state index contributed by atoms with van der Waals surface area (Å²) >= 11 is 0. The lowest BCUT2D eigenvalue weighted by molar-refractivity contribution is -0.139. The number of rotatable bonds is 5. The molecule has 1 aromatic carbocycles. The van der Waals surface area contributed by atoms with Crippen molar-refractivity contribution in [3.8, 4) is 11.5 Å². The van der Waals surface area contributed by atoms with Crippen LogP contribution in [-0.2, 0) is 4.79 Å². The highest BCUT2D eigenvalue weighted by molar-refractivity contribution is 5.81. The Morgan fingerprint density at radius 2 is 2.04 bits per heavy atom. The predicted octanol–water partition coefficient (Wildman–Crippen LogP) is 2.56. The lowest BCUT2D eigenvalue weighted by atomic mass is 9.97. The van der Waals surface area contributed by atoms with Crippen LogP contribution in [0.2, 0.25) is 0 Å². The molecule has 3 rings (SSSR count). The molecule has 0 N–H and O–H groups in total. The van der Waals surface area contributed by atoms with E-state index in [1.165, 1.54) is 0 Å². The maximum atomic E-state index is 12.7. The van der Waals surface area contributed by atoms with E-state index in [1.54, 1.807) is 45.2 Å². The van der Waals surface area contributed by atoms with Crippen LogP contribution in [0.15, 0.2) is 28.8 Å². The largest absolute Gasteiger partial charge is 0.497 e. The fourth-order valence-corrected chi connectivity index (χ4v) is 3.02. The zero-order valence-corrected chi connectivity index (χ0v) is 14.8. The third kappa shape index (κ3) is 4.10. The lowest BCUT2D eigenvalue weighted by Crippen LogP contribution is -2.45. The van der Waals surface area contributed by atoms with E-state index >= 15 is 0 Å². The normalized spacial score (nSPS) is 18.7. The minimum absolute atomic E-state index is 0.0308. The fourth-order valence-electron chi connectivity index (χ4n) is 3.02. The van der Waals surface area contributed by atoms with Crippen LogP contribution < -0.4 is 9.47 Å². The third-order valence-corrected chi connectivity index (χ3v) is 4.35.